The number of hydrogen-bond acceptors (Lipinski definition) is 6. The summed E-state index contributed by atoms with van der Waals surface area (Å²) in [6.45, 7) is 3.12. The number of aromatic nitrogens is 3. The van der Waals surface area contributed by atoms with Crippen molar-refractivity contribution in [3.63, 3.8) is 0 Å². The lowest BCUT2D eigenvalue weighted by atomic mass is 10.00. The lowest BCUT2D eigenvalue weighted by Crippen LogP contribution is -2.33. The van der Waals surface area contributed by atoms with Crippen LogP contribution in [0.3, 0.4) is 0 Å². The summed E-state index contributed by atoms with van der Waals surface area (Å²) in [6, 6.07) is 8.60. The number of aryl methyl sites for hydroxylation is 1. The highest BCUT2D eigenvalue weighted by Crippen LogP contribution is 2.33. The zero-order chi connectivity index (χ0) is 15.7. The molecule has 0 fully saturated rings. The van der Waals surface area contributed by atoms with Gasteiger partial charge in [-0.2, -0.15) is 15.0 Å². The van der Waals surface area contributed by atoms with E-state index in [4.69, 9.17) is 5.73 Å². The lowest BCUT2D eigenvalue weighted by molar-refractivity contribution is 0.589. The van der Waals surface area contributed by atoms with Gasteiger partial charge in [-0.05, 0) is 31.4 Å². The van der Waals surface area contributed by atoms with Gasteiger partial charge in [-0.15, -0.1) is 0 Å². The number of nitrogen functional groups attached to an aromatic ring is 1. The van der Waals surface area contributed by atoms with Crippen molar-refractivity contribution in [2.45, 2.75) is 25.8 Å². The summed E-state index contributed by atoms with van der Waals surface area (Å²) in [5, 5.41) is 0. The van der Waals surface area contributed by atoms with Crippen molar-refractivity contribution in [1.82, 2.24) is 15.0 Å². The van der Waals surface area contributed by atoms with E-state index in [9.17, 15) is 0 Å². The van der Waals surface area contributed by atoms with Gasteiger partial charge in [-0.3, -0.25) is 0 Å². The molecule has 0 bridgehead atoms. The summed E-state index contributed by atoms with van der Waals surface area (Å²) >= 11 is 0. The maximum atomic E-state index is 5.85. The molecule has 0 saturated heterocycles. The molecule has 0 amide bonds. The van der Waals surface area contributed by atoms with Crippen molar-refractivity contribution in [3.8, 4) is 0 Å². The topological polar surface area (TPSA) is 71.2 Å². The Hall–Kier alpha value is -2.37. The van der Waals surface area contributed by atoms with Crippen molar-refractivity contribution in [1.29, 1.82) is 0 Å². The normalized spacial score (nSPS) is 15.3. The van der Waals surface area contributed by atoms with Gasteiger partial charge < -0.3 is 15.5 Å². The maximum Gasteiger partial charge on any atom is 0.229 e. The second kappa shape index (κ2) is 5.79. The van der Waals surface area contributed by atoms with Gasteiger partial charge in [0.05, 0.1) is 6.04 Å². The molecule has 2 heterocycles. The molecule has 116 valence electrons. The number of rotatable bonds is 3. The quantitative estimate of drug-likeness (QED) is 0.935. The van der Waals surface area contributed by atoms with E-state index in [1.807, 2.05) is 19.0 Å². The molecule has 1 aliphatic rings. The zero-order valence-corrected chi connectivity index (χ0v) is 13.3. The molecule has 1 aromatic heterocycles. The molecule has 3 rings (SSSR count). The molecule has 2 N–H and O–H groups in total. The van der Waals surface area contributed by atoms with Gasteiger partial charge in [-0.1, -0.05) is 18.2 Å². The van der Waals surface area contributed by atoms with Crippen LogP contribution in [0.15, 0.2) is 24.3 Å². The molecule has 0 saturated carbocycles. The van der Waals surface area contributed by atoms with Crippen LogP contribution in [0.4, 0.5) is 17.6 Å². The van der Waals surface area contributed by atoms with E-state index in [-0.39, 0.29) is 12.0 Å². The SMILES string of the molecule is CC(c1nc(N)nc(N(C)C)n1)N1CCCc2ccccc21. The number of para-hydroxylation sites is 1. The number of benzene rings is 1. The van der Waals surface area contributed by atoms with Crippen LogP contribution < -0.4 is 15.5 Å². The predicted octanol–water partition coefficient (Wildman–Crippen LogP) is 2.03. The molecule has 0 spiro atoms. The largest absolute Gasteiger partial charge is 0.368 e. The van der Waals surface area contributed by atoms with Crippen LogP contribution >= 0.6 is 0 Å². The van der Waals surface area contributed by atoms with E-state index >= 15 is 0 Å². The molecule has 1 aliphatic heterocycles. The van der Waals surface area contributed by atoms with Gasteiger partial charge in [0, 0.05) is 26.3 Å². The van der Waals surface area contributed by atoms with Gasteiger partial charge in [0.1, 0.15) is 0 Å². The molecule has 1 aromatic carbocycles. The highest BCUT2D eigenvalue weighted by molar-refractivity contribution is 5.56. The first kappa shape index (κ1) is 14.6. The molecule has 1 unspecified atom stereocenters. The molecule has 0 aliphatic carbocycles. The Bertz CT molecular complexity index is 669. The second-order valence-corrected chi connectivity index (χ2v) is 5.85. The van der Waals surface area contributed by atoms with E-state index in [1.165, 1.54) is 11.3 Å². The number of fused-ring (bicyclic) bond motifs is 1. The Labute approximate surface area is 131 Å². The van der Waals surface area contributed by atoms with E-state index in [0.717, 1.165) is 19.4 Å². The van der Waals surface area contributed by atoms with Gasteiger partial charge in [0.15, 0.2) is 5.82 Å². The van der Waals surface area contributed by atoms with Crippen molar-refractivity contribution >= 4 is 17.6 Å². The Morgan fingerprint density at radius 2 is 1.95 bits per heavy atom. The Morgan fingerprint density at radius 1 is 1.18 bits per heavy atom. The van der Waals surface area contributed by atoms with Gasteiger partial charge in [-0.25, -0.2) is 0 Å². The van der Waals surface area contributed by atoms with Crippen LogP contribution in [-0.2, 0) is 6.42 Å². The van der Waals surface area contributed by atoms with Crippen LogP contribution in [0.2, 0.25) is 0 Å². The van der Waals surface area contributed by atoms with Crippen LogP contribution in [0.1, 0.15) is 30.8 Å². The van der Waals surface area contributed by atoms with Gasteiger partial charge in [0.2, 0.25) is 11.9 Å². The van der Waals surface area contributed by atoms with Gasteiger partial charge >= 0.3 is 0 Å². The van der Waals surface area contributed by atoms with Crippen LogP contribution in [-0.4, -0.2) is 35.6 Å². The number of anilines is 3. The van der Waals surface area contributed by atoms with E-state index in [0.29, 0.717) is 11.8 Å². The van der Waals surface area contributed by atoms with E-state index < -0.39 is 0 Å². The minimum atomic E-state index is 0.0606. The van der Waals surface area contributed by atoms with Crippen LogP contribution in [0, 0.1) is 0 Å². The minimum absolute atomic E-state index is 0.0606. The first-order valence-corrected chi connectivity index (χ1v) is 7.59. The minimum Gasteiger partial charge on any atom is -0.368 e. The number of hydrogen-bond donors (Lipinski definition) is 1. The lowest BCUT2D eigenvalue weighted by Gasteiger charge is -2.35. The molecule has 22 heavy (non-hydrogen) atoms. The predicted molar refractivity (Wildman–Crippen MR) is 89.1 cm³/mol. The fourth-order valence-electron chi connectivity index (χ4n) is 2.89. The molecule has 0 radical (unpaired) electrons. The van der Waals surface area contributed by atoms with Crippen molar-refractivity contribution in [2.75, 3.05) is 36.2 Å². The summed E-state index contributed by atoms with van der Waals surface area (Å²) in [4.78, 5) is 17.3. The highest BCUT2D eigenvalue weighted by atomic mass is 15.3. The Kier molecular flexibility index (Phi) is 3.83. The second-order valence-electron chi connectivity index (χ2n) is 5.85. The molecular weight excluding hydrogens is 276 g/mol. The average molecular weight is 298 g/mol. The summed E-state index contributed by atoms with van der Waals surface area (Å²) in [5.74, 6) is 1.58. The van der Waals surface area contributed by atoms with Crippen molar-refractivity contribution in [2.24, 2.45) is 0 Å². The fourth-order valence-corrected chi connectivity index (χ4v) is 2.89. The standard InChI is InChI=1S/C16H22N6/c1-11(14-18-15(17)20-16(19-14)21(2)3)22-10-6-8-12-7-4-5-9-13(12)22/h4-5,7,9,11H,6,8,10H2,1-3H3,(H2,17,18,19,20). The van der Waals surface area contributed by atoms with Crippen LogP contribution in [0.5, 0.6) is 0 Å². The fraction of sp³-hybridized carbons (Fsp3) is 0.438. The van der Waals surface area contributed by atoms with Crippen molar-refractivity contribution < 1.29 is 0 Å². The maximum absolute atomic E-state index is 5.85. The summed E-state index contributed by atoms with van der Waals surface area (Å²) in [6.07, 6.45) is 2.27. The highest BCUT2D eigenvalue weighted by Gasteiger charge is 2.24. The number of nitrogens with zero attached hydrogens (tertiary/aromatic N) is 5. The zero-order valence-electron chi connectivity index (χ0n) is 13.3. The Morgan fingerprint density at radius 3 is 2.73 bits per heavy atom. The third kappa shape index (κ3) is 2.68. The molecule has 1 atom stereocenters. The third-order valence-electron chi connectivity index (χ3n) is 4.05. The number of nitrogens with two attached hydrogens (primary N) is 1. The smallest absolute Gasteiger partial charge is 0.229 e. The first-order chi connectivity index (χ1) is 10.6. The summed E-state index contributed by atoms with van der Waals surface area (Å²) in [5.41, 5.74) is 8.51. The monoisotopic (exact) mass is 298 g/mol. The molecule has 2 aromatic rings. The molecular formula is C16H22N6. The average Bonchev–Trinajstić information content (AvgIpc) is 2.53. The molecule has 6 nitrogen and oxygen atoms in total. The Balaban J connectivity index is 1.97. The van der Waals surface area contributed by atoms with E-state index in [1.54, 1.807) is 0 Å². The molecule has 6 heteroatoms. The van der Waals surface area contributed by atoms with Crippen LogP contribution in [0.25, 0.3) is 0 Å². The van der Waals surface area contributed by atoms with Crippen molar-refractivity contribution in [3.05, 3.63) is 35.7 Å². The summed E-state index contributed by atoms with van der Waals surface area (Å²) in [7, 11) is 3.80. The third-order valence-corrected chi connectivity index (χ3v) is 4.05. The summed E-state index contributed by atoms with van der Waals surface area (Å²) < 4.78 is 0. The van der Waals surface area contributed by atoms with Gasteiger partial charge in [0.25, 0.3) is 0 Å². The first-order valence-electron chi connectivity index (χ1n) is 7.59. The van der Waals surface area contributed by atoms with E-state index in [2.05, 4.69) is 51.0 Å².